The van der Waals surface area contributed by atoms with E-state index in [0.29, 0.717) is 28.2 Å². The average Bonchev–Trinajstić information content (AvgIpc) is 2.78. The van der Waals surface area contributed by atoms with Gasteiger partial charge in [-0.1, -0.05) is 30.3 Å². The number of benzene rings is 3. The van der Waals surface area contributed by atoms with Crippen molar-refractivity contribution in [3.8, 4) is 17.2 Å². The van der Waals surface area contributed by atoms with Crippen molar-refractivity contribution in [2.75, 3.05) is 14.2 Å². The summed E-state index contributed by atoms with van der Waals surface area (Å²) in [5.74, 6) is 1.91. The van der Waals surface area contributed by atoms with Gasteiger partial charge in [0.1, 0.15) is 17.3 Å². The number of fused-ring (bicyclic) bond motifs is 1. The van der Waals surface area contributed by atoms with Crippen LogP contribution in [0.4, 0.5) is 0 Å². The Morgan fingerprint density at radius 1 is 0.933 bits per heavy atom. The van der Waals surface area contributed by atoms with E-state index in [2.05, 4.69) is 22.6 Å². The van der Waals surface area contributed by atoms with Crippen LogP contribution in [-0.4, -0.2) is 23.8 Å². The predicted molar refractivity (Wildman–Crippen MR) is 129 cm³/mol. The molecule has 0 amide bonds. The highest BCUT2D eigenvalue weighted by atomic mass is 127. The molecule has 0 N–H and O–H groups in total. The summed E-state index contributed by atoms with van der Waals surface area (Å²) in [4.78, 5) is 18.2. The average molecular weight is 510 g/mol. The highest BCUT2D eigenvalue weighted by Gasteiger charge is 2.14. The van der Waals surface area contributed by atoms with Gasteiger partial charge in [-0.05, 0) is 76.7 Å². The van der Waals surface area contributed by atoms with Crippen LogP contribution in [0.2, 0.25) is 0 Å². The van der Waals surface area contributed by atoms with Gasteiger partial charge in [0.25, 0.3) is 5.56 Å². The lowest BCUT2D eigenvalue weighted by molar-refractivity contribution is 0.412. The Hall–Kier alpha value is -3.13. The van der Waals surface area contributed by atoms with Gasteiger partial charge in [-0.15, -0.1) is 0 Å². The van der Waals surface area contributed by atoms with Crippen LogP contribution < -0.4 is 15.0 Å². The first kappa shape index (κ1) is 20.2. The minimum Gasteiger partial charge on any atom is -0.497 e. The van der Waals surface area contributed by atoms with Gasteiger partial charge in [-0.25, -0.2) is 4.98 Å². The predicted octanol–water partition coefficient (Wildman–Crippen LogP) is 5.18. The lowest BCUT2D eigenvalue weighted by Gasteiger charge is -2.14. The van der Waals surface area contributed by atoms with E-state index in [9.17, 15) is 4.79 Å². The Bertz CT molecular complexity index is 1290. The van der Waals surface area contributed by atoms with E-state index >= 15 is 0 Å². The zero-order valence-electron chi connectivity index (χ0n) is 16.5. The Morgan fingerprint density at radius 2 is 1.70 bits per heavy atom. The number of nitrogens with zero attached hydrogens (tertiary/aromatic N) is 2. The Kier molecular flexibility index (Phi) is 5.85. The van der Waals surface area contributed by atoms with Crippen molar-refractivity contribution in [1.82, 2.24) is 9.55 Å². The molecule has 4 rings (SSSR count). The smallest absolute Gasteiger partial charge is 0.266 e. The van der Waals surface area contributed by atoms with E-state index in [1.165, 1.54) is 0 Å². The molecule has 1 aromatic heterocycles. The largest absolute Gasteiger partial charge is 0.497 e. The molecule has 30 heavy (non-hydrogen) atoms. The molecule has 0 fully saturated rings. The van der Waals surface area contributed by atoms with Gasteiger partial charge in [0.2, 0.25) is 0 Å². The van der Waals surface area contributed by atoms with Crippen LogP contribution in [0.25, 0.3) is 28.7 Å². The first-order chi connectivity index (χ1) is 14.6. The number of ether oxygens (including phenoxy) is 2. The molecule has 0 spiro atoms. The maximum atomic E-state index is 13.5. The Morgan fingerprint density at radius 3 is 2.43 bits per heavy atom. The van der Waals surface area contributed by atoms with Gasteiger partial charge < -0.3 is 9.47 Å². The molecule has 0 saturated carbocycles. The van der Waals surface area contributed by atoms with Crippen LogP contribution in [0.3, 0.4) is 0 Å². The van der Waals surface area contributed by atoms with Crippen molar-refractivity contribution in [3.05, 3.63) is 92.0 Å². The third-order valence-electron chi connectivity index (χ3n) is 4.72. The molecule has 4 aromatic rings. The molecular weight excluding hydrogens is 491 g/mol. The monoisotopic (exact) mass is 510 g/mol. The molecule has 5 nitrogen and oxygen atoms in total. The molecule has 0 bridgehead atoms. The van der Waals surface area contributed by atoms with Gasteiger partial charge in [0, 0.05) is 3.57 Å². The molecule has 0 aliphatic rings. The summed E-state index contributed by atoms with van der Waals surface area (Å²) >= 11 is 2.20. The number of rotatable bonds is 5. The van der Waals surface area contributed by atoms with Crippen molar-refractivity contribution in [1.29, 1.82) is 0 Å². The second-order valence-electron chi connectivity index (χ2n) is 6.55. The topological polar surface area (TPSA) is 53.3 Å². The molecule has 0 saturated heterocycles. The molecular formula is C24H19IN2O3. The van der Waals surface area contributed by atoms with Crippen molar-refractivity contribution in [2.45, 2.75) is 0 Å². The Labute approximate surface area is 187 Å². The summed E-state index contributed by atoms with van der Waals surface area (Å²) < 4.78 is 13.3. The summed E-state index contributed by atoms with van der Waals surface area (Å²) in [7, 11) is 3.23. The highest BCUT2D eigenvalue weighted by molar-refractivity contribution is 14.1. The van der Waals surface area contributed by atoms with Crippen LogP contribution >= 0.6 is 22.6 Å². The first-order valence-corrected chi connectivity index (χ1v) is 10.4. The molecule has 1 heterocycles. The van der Waals surface area contributed by atoms with Crippen molar-refractivity contribution >= 4 is 45.6 Å². The zero-order chi connectivity index (χ0) is 21.1. The maximum Gasteiger partial charge on any atom is 0.266 e. The van der Waals surface area contributed by atoms with Crippen LogP contribution in [0.1, 0.15) is 11.4 Å². The van der Waals surface area contributed by atoms with E-state index in [1.54, 1.807) is 18.8 Å². The standard InChI is InChI=1S/C24H19IN2O3/c1-29-18-11-7-16(8-12-18)9-14-23-26-20-13-10-17(25)15-19(20)24(28)27(23)21-5-3-4-6-22(21)30-2/h3-15H,1-2H3/b14-9+. The normalized spacial score (nSPS) is 11.2. The fraction of sp³-hybridized carbons (Fsp3) is 0.0833. The summed E-state index contributed by atoms with van der Waals surface area (Å²) in [5.41, 5.74) is 2.13. The minimum atomic E-state index is -0.141. The van der Waals surface area contributed by atoms with Gasteiger partial charge in [0.05, 0.1) is 30.8 Å². The molecule has 0 unspecified atom stereocenters. The summed E-state index contributed by atoms with van der Waals surface area (Å²) in [6.07, 6.45) is 3.76. The lowest BCUT2D eigenvalue weighted by atomic mass is 10.2. The van der Waals surface area contributed by atoms with Crippen LogP contribution in [-0.2, 0) is 0 Å². The second-order valence-corrected chi connectivity index (χ2v) is 7.80. The number of methoxy groups -OCH3 is 2. The van der Waals surface area contributed by atoms with Crippen LogP contribution in [0, 0.1) is 3.57 Å². The number of halogens is 1. The third-order valence-corrected chi connectivity index (χ3v) is 5.39. The van der Waals surface area contributed by atoms with E-state index in [-0.39, 0.29) is 5.56 Å². The van der Waals surface area contributed by atoms with Crippen molar-refractivity contribution in [3.63, 3.8) is 0 Å². The van der Waals surface area contributed by atoms with Crippen LogP contribution in [0.5, 0.6) is 11.5 Å². The van der Waals surface area contributed by atoms with Gasteiger partial charge in [-0.2, -0.15) is 0 Å². The quantitative estimate of drug-likeness (QED) is 0.348. The number of hydrogen-bond donors (Lipinski definition) is 0. The maximum absolute atomic E-state index is 13.5. The fourth-order valence-corrected chi connectivity index (χ4v) is 3.71. The summed E-state index contributed by atoms with van der Waals surface area (Å²) in [6, 6.07) is 20.8. The molecule has 0 aliphatic heterocycles. The van der Waals surface area contributed by atoms with E-state index in [0.717, 1.165) is 14.9 Å². The summed E-state index contributed by atoms with van der Waals surface area (Å²) in [6.45, 7) is 0. The van der Waals surface area contributed by atoms with E-state index < -0.39 is 0 Å². The number of aromatic nitrogens is 2. The molecule has 150 valence electrons. The second kappa shape index (κ2) is 8.71. The number of para-hydroxylation sites is 2. The van der Waals surface area contributed by atoms with Gasteiger partial charge >= 0.3 is 0 Å². The SMILES string of the molecule is COc1ccc(/C=C/c2nc3ccc(I)cc3c(=O)n2-c2ccccc2OC)cc1. The fourth-order valence-electron chi connectivity index (χ4n) is 3.22. The highest BCUT2D eigenvalue weighted by Crippen LogP contribution is 2.24. The molecule has 0 radical (unpaired) electrons. The van der Waals surface area contributed by atoms with Crippen molar-refractivity contribution in [2.24, 2.45) is 0 Å². The van der Waals surface area contributed by atoms with E-state index in [4.69, 9.17) is 14.5 Å². The van der Waals surface area contributed by atoms with Crippen molar-refractivity contribution < 1.29 is 9.47 Å². The number of hydrogen-bond acceptors (Lipinski definition) is 4. The Balaban J connectivity index is 1.93. The van der Waals surface area contributed by atoms with Gasteiger partial charge in [-0.3, -0.25) is 9.36 Å². The lowest BCUT2D eigenvalue weighted by Crippen LogP contribution is -2.23. The zero-order valence-corrected chi connectivity index (χ0v) is 18.7. The molecule has 3 aromatic carbocycles. The first-order valence-electron chi connectivity index (χ1n) is 9.28. The summed E-state index contributed by atoms with van der Waals surface area (Å²) in [5, 5.41) is 0.564. The molecule has 6 heteroatoms. The molecule has 0 aliphatic carbocycles. The minimum absolute atomic E-state index is 0.141. The van der Waals surface area contributed by atoms with Crippen LogP contribution in [0.15, 0.2) is 71.5 Å². The molecule has 0 atom stereocenters. The third kappa shape index (κ3) is 3.95. The van der Waals surface area contributed by atoms with Gasteiger partial charge in [0.15, 0.2) is 0 Å². The van der Waals surface area contributed by atoms with E-state index in [1.807, 2.05) is 78.9 Å².